The molecule has 150 valence electrons. The number of carbonyl (C=O) groups excluding carboxylic acids is 1. The molecule has 0 aliphatic carbocycles. The van der Waals surface area contributed by atoms with Crippen LogP contribution in [0.25, 0.3) is 0 Å². The fourth-order valence-electron chi connectivity index (χ4n) is 2.40. The third kappa shape index (κ3) is 5.26. The fourth-order valence-corrected chi connectivity index (χ4v) is 3.89. The van der Waals surface area contributed by atoms with Gasteiger partial charge in [0.05, 0.1) is 18.0 Å². The van der Waals surface area contributed by atoms with E-state index in [0.29, 0.717) is 10.6 Å². The Hall–Kier alpha value is -2.53. The van der Waals surface area contributed by atoms with E-state index in [2.05, 4.69) is 5.32 Å². The number of para-hydroxylation sites is 1. The molecule has 9 nitrogen and oxygen atoms in total. The highest BCUT2D eigenvalue weighted by Crippen LogP contribution is 2.27. The lowest BCUT2D eigenvalue weighted by molar-refractivity contribution is -0.387. The molecule has 2 aromatic carbocycles. The van der Waals surface area contributed by atoms with Crippen molar-refractivity contribution >= 4 is 33.2 Å². The van der Waals surface area contributed by atoms with Crippen LogP contribution in [0.2, 0.25) is 5.02 Å². The number of aliphatic hydroxyl groups is 1. The third-order valence-electron chi connectivity index (χ3n) is 3.86. The first-order valence-electron chi connectivity index (χ1n) is 8.02. The molecular weight excluding hydrogens is 410 g/mol. The van der Waals surface area contributed by atoms with E-state index in [0.717, 1.165) is 12.1 Å². The van der Waals surface area contributed by atoms with Crippen LogP contribution < -0.4 is 10.0 Å². The third-order valence-corrected chi connectivity index (χ3v) is 5.64. The molecule has 0 aliphatic heterocycles. The van der Waals surface area contributed by atoms with Crippen LogP contribution >= 0.6 is 11.6 Å². The number of halogens is 1. The number of rotatable bonds is 8. The van der Waals surface area contributed by atoms with Crippen LogP contribution in [0.3, 0.4) is 0 Å². The lowest BCUT2D eigenvalue weighted by Crippen LogP contribution is -2.43. The van der Waals surface area contributed by atoms with Gasteiger partial charge >= 0.3 is 0 Å². The fraction of sp³-hybridized carbons (Fsp3) is 0.235. The van der Waals surface area contributed by atoms with Crippen LogP contribution in [0.1, 0.15) is 12.5 Å². The van der Waals surface area contributed by atoms with Gasteiger partial charge < -0.3 is 10.4 Å². The molecule has 0 radical (unpaired) electrons. The molecule has 0 aliphatic rings. The molecule has 0 aromatic heterocycles. The average molecular weight is 428 g/mol. The zero-order valence-electron chi connectivity index (χ0n) is 14.8. The van der Waals surface area contributed by atoms with E-state index in [9.17, 15) is 28.4 Å². The summed E-state index contributed by atoms with van der Waals surface area (Å²) in [7, 11) is -4.28. The molecule has 0 saturated heterocycles. The number of amides is 1. The summed E-state index contributed by atoms with van der Waals surface area (Å²) in [6.07, 6.45) is 0. The molecule has 0 unspecified atom stereocenters. The quantitative estimate of drug-likeness (QED) is 0.431. The van der Waals surface area contributed by atoms with Crippen molar-refractivity contribution < 1.29 is 23.2 Å². The number of nitro groups is 1. The SMILES string of the molecule is C[C@@](O)(CNC(=O)CNS(=O)(=O)c1ccccc1[N+](=O)[O-])c1ccccc1Cl. The van der Waals surface area contributed by atoms with Crippen molar-refractivity contribution in [2.24, 2.45) is 0 Å². The standard InChI is InChI=1S/C17H18ClN3O6S/c1-17(23,12-6-2-3-7-13(12)18)11-19-16(22)10-20-28(26,27)15-9-5-4-8-14(15)21(24)25/h2-9,20,23H,10-11H2,1H3,(H,19,22)/t17-/m1/s1. The number of nitrogens with one attached hydrogen (secondary N) is 2. The first-order chi connectivity index (χ1) is 13.0. The summed E-state index contributed by atoms with van der Waals surface area (Å²) >= 11 is 6.03. The van der Waals surface area contributed by atoms with Crippen molar-refractivity contribution in [2.75, 3.05) is 13.1 Å². The predicted molar refractivity (Wildman–Crippen MR) is 102 cm³/mol. The number of nitrogens with zero attached hydrogens (tertiary/aromatic N) is 1. The van der Waals surface area contributed by atoms with Gasteiger partial charge in [-0.15, -0.1) is 0 Å². The Morgan fingerprint density at radius 1 is 1.21 bits per heavy atom. The van der Waals surface area contributed by atoms with E-state index in [1.54, 1.807) is 24.3 Å². The van der Waals surface area contributed by atoms with Gasteiger partial charge in [-0.2, -0.15) is 0 Å². The summed E-state index contributed by atoms with van der Waals surface area (Å²) in [5, 5.41) is 24.2. The first-order valence-corrected chi connectivity index (χ1v) is 9.88. The van der Waals surface area contributed by atoms with Gasteiger partial charge in [-0.1, -0.05) is 41.9 Å². The summed E-state index contributed by atoms with van der Waals surface area (Å²) in [5.41, 5.74) is -1.68. The van der Waals surface area contributed by atoms with E-state index in [-0.39, 0.29) is 6.54 Å². The molecule has 2 aromatic rings. The van der Waals surface area contributed by atoms with Gasteiger partial charge in [-0.25, -0.2) is 13.1 Å². The molecule has 0 bridgehead atoms. The molecular formula is C17H18ClN3O6S. The Bertz CT molecular complexity index is 994. The molecule has 1 amide bonds. The van der Waals surface area contributed by atoms with Gasteiger partial charge in [0, 0.05) is 16.7 Å². The van der Waals surface area contributed by atoms with Crippen molar-refractivity contribution in [3.05, 3.63) is 69.2 Å². The average Bonchev–Trinajstić information content (AvgIpc) is 2.65. The number of carbonyl (C=O) groups is 1. The highest BCUT2D eigenvalue weighted by molar-refractivity contribution is 7.89. The molecule has 1 atom stereocenters. The maximum absolute atomic E-state index is 12.3. The molecule has 0 heterocycles. The van der Waals surface area contributed by atoms with Gasteiger partial charge in [-0.05, 0) is 19.1 Å². The number of hydrogen-bond acceptors (Lipinski definition) is 6. The number of benzene rings is 2. The van der Waals surface area contributed by atoms with Crippen LogP contribution in [-0.4, -0.2) is 37.4 Å². The van der Waals surface area contributed by atoms with E-state index in [1.807, 2.05) is 4.72 Å². The monoisotopic (exact) mass is 427 g/mol. The molecule has 28 heavy (non-hydrogen) atoms. The molecule has 0 saturated carbocycles. The Labute approximate surface area is 166 Å². The second kappa shape index (κ2) is 8.65. The minimum atomic E-state index is -4.28. The van der Waals surface area contributed by atoms with E-state index in [1.165, 1.54) is 19.1 Å². The summed E-state index contributed by atoms with van der Waals surface area (Å²) in [6, 6.07) is 11.4. The number of sulfonamides is 1. The van der Waals surface area contributed by atoms with Gasteiger partial charge in [-0.3, -0.25) is 14.9 Å². The first kappa shape index (κ1) is 21.8. The second-order valence-electron chi connectivity index (χ2n) is 6.08. The topological polar surface area (TPSA) is 139 Å². The second-order valence-corrected chi connectivity index (χ2v) is 8.22. The molecule has 11 heteroatoms. The highest BCUT2D eigenvalue weighted by Gasteiger charge is 2.28. The van der Waals surface area contributed by atoms with Gasteiger partial charge in [0.25, 0.3) is 5.69 Å². The number of nitro benzene ring substituents is 1. The summed E-state index contributed by atoms with van der Waals surface area (Å²) in [4.78, 5) is 21.6. The van der Waals surface area contributed by atoms with Crippen molar-refractivity contribution in [3.63, 3.8) is 0 Å². The largest absolute Gasteiger partial charge is 0.384 e. The summed E-state index contributed by atoms with van der Waals surface area (Å²) in [6.45, 7) is 0.571. The molecule has 2 rings (SSSR count). The van der Waals surface area contributed by atoms with Crippen molar-refractivity contribution in [1.82, 2.24) is 10.0 Å². The van der Waals surface area contributed by atoms with E-state index in [4.69, 9.17) is 11.6 Å². The Kier molecular flexibility index (Phi) is 6.73. The van der Waals surface area contributed by atoms with Crippen LogP contribution in [0.5, 0.6) is 0 Å². The van der Waals surface area contributed by atoms with Crippen LogP contribution in [0.15, 0.2) is 53.4 Å². The van der Waals surface area contributed by atoms with Crippen LogP contribution in [0, 0.1) is 10.1 Å². The lowest BCUT2D eigenvalue weighted by atomic mass is 9.96. The Morgan fingerprint density at radius 3 is 2.46 bits per heavy atom. The van der Waals surface area contributed by atoms with Crippen molar-refractivity contribution in [3.8, 4) is 0 Å². The minimum Gasteiger partial charge on any atom is -0.384 e. The van der Waals surface area contributed by atoms with Crippen LogP contribution in [0.4, 0.5) is 5.69 Å². The van der Waals surface area contributed by atoms with Gasteiger partial charge in [0.1, 0.15) is 5.60 Å². The summed E-state index contributed by atoms with van der Waals surface area (Å²) < 4.78 is 26.5. The normalized spacial score (nSPS) is 13.5. The zero-order chi connectivity index (χ0) is 20.9. The zero-order valence-corrected chi connectivity index (χ0v) is 16.3. The minimum absolute atomic E-state index is 0.219. The molecule has 0 fully saturated rings. The van der Waals surface area contributed by atoms with Crippen molar-refractivity contribution in [1.29, 1.82) is 0 Å². The van der Waals surface area contributed by atoms with Gasteiger partial charge in [0.15, 0.2) is 4.90 Å². The van der Waals surface area contributed by atoms with Crippen LogP contribution in [-0.2, 0) is 20.4 Å². The summed E-state index contributed by atoms with van der Waals surface area (Å²) in [5.74, 6) is -0.727. The molecule has 3 N–H and O–H groups in total. The smallest absolute Gasteiger partial charge is 0.289 e. The maximum atomic E-state index is 12.3. The number of hydrogen-bond donors (Lipinski definition) is 3. The Morgan fingerprint density at radius 2 is 1.82 bits per heavy atom. The van der Waals surface area contributed by atoms with Gasteiger partial charge in [0.2, 0.25) is 15.9 Å². The van der Waals surface area contributed by atoms with Crippen molar-refractivity contribution in [2.45, 2.75) is 17.4 Å². The molecule has 0 spiro atoms. The van der Waals surface area contributed by atoms with E-state index < -0.39 is 43.6 Å². The predicted octanol–water partition coefficient (Wildman–Crippen LogP) is 1.55. The van der Waals surface area contributed by atoms with E-state index >= 15 is 0 Å². The lowest BCUT2D eigenvalue weighted by Gasteiger charge is -2.25. The highest BCUT2D eigenvalue weighted by atomic mass is 35.5. The maximum Gasteiger partial charge on any atom is 0.289 e. The Balaban J connectivity index is 2.01.